The smallest absolute Gasteiger partial charge is 0.462 e. The Morgan fingerprint density at radius 1 is 0.270 bits per heavy atom. The van der Waals surface area contributed by atoms with Gasteiger partial charge in [-0.3, -0.25) is 37.3 Å². The van der Waals surface area contributed by atoms with Crippen molar-refractivity contribution >= 4 is 39.5 Å². The minimum atomic E-state index is -4.95. The lowest BCUT2D eigenvalue weighted by Crippen LogP contribution is -2.30. The Morgan fingerprint density at radius 3 is 0.663 bits per heavy atom. The maximum atomic E-state index is 13.0. The lowest BCUT2D eigenvalue weighted by Gasteiger charge is -2.21. The van der Waals surface area contributed by atoms with E-state index in [9.17, 15) is 43.2 Å². The Morgan fingerprint density at radius 2 is 0.449 bits per heavy atom. The molecule has 0 saturated carbocycles. The molecule has 0 aromatic heterocycles. The Balaban J connectivity index is 5.06. The van der Waals surface area contributed by atoms with Gasteiger partial charge in [-0.05, 0) is 25.7 Å². The van der Waals surface area contributed by atoms with E-state index in [0.29, 0.717) is 25.7 Å². The van der Waals surface area contributed by atoms with Crippen LogP contribution in [0.25, 0.3) is 0 Å². The molecule has 0 amide bonds. The third kappa shape index (κ3) is 64.6. The molecule has 0 heterocycles. The van der Waals surface area contributed by atoms with Crippen molar-refractivity contribution in [1.82, 2.24) is 0 Å². The molecule has 5 atom stereocenters. The largest absolute Gasteiger partial charge is 0.472 e. The summed E-state index contributed by atoms with van der Waals surface area (Å²) in [6.45, 7) is 4.84. The fraction of sp³-hybridized carbons (Fsp3) is 0.943. The van der Waals surface area contributed by atoms with E-state index >= 15 is 0 Å². The van der Waals surface area contributed by atoms with Crippen molar-refractivity contribution in [2.45, 2.75) is 386 Å². The number of hydrogen-bond donors (Lipinski definition) is 3. The lowest BCUT2D eigenvalue weighted by molar-refractivity contribution is -0.161. The summed E-state index contributed by atoms with van der Waals surface area (Å²) in [4.78, 5) is 72.2. The summed E-state index contributed by atoms with van der Waals surface area (Å²) in [5, 5.41) is 10.5. The molecule has 0 rings (SSSR count). The molecule has 0 aromatic carbocycles. The quantitative estimate of drug-likeness (QED) is 0.0222. The van der Waals surface area contributed by atoms with E-state index in [0.717, 1.165) is 96.3 Å². The first-order valence-corrected chi connectivity index (χ1v) is 39.8. The molecule has 0 bridgehead atoms. The van der Waals surface area contributed by atoms with E-state index in [4.69, 9.17) is 37.0 Å². The van der Waals surface area contributed by atoms with Crippen molar-refractivity contribution in [1.29, 1.82) is 0 Å². The number of carbonyl (C=O) groups excluding carboxylic acids is 4. The van der Waals surface area contributed by atoms with Gasteiger partial charge in [-0.15, -0.1) is 0 Å². The van der Waals surface area contributed by atoms with E-state index in [-0.39, 0.29) is 25.7 Å². The van der Waals surface area contributed by atoms with Crippen molar-refractivity contribution in [3.05, 3.63) is 0 Å². The number of esters is 4. The standard InChI is InChI=1S/C70H136O17P2/c1-5-9-13-17-20-23-26-27-28-29-30-31-32-33-34-35-36-39-42-45-49-53-57-70(75)87-66(61-81-68(73)55-51-47-43-40-37-24-21-18-14-10-6-2)63-85-89(78,79)83-59-64(71)58-82-88(76,77)84-62-65(60-80-67(72)54-50-46-16-12-8-4)86-69(74)56-52-48-44-41-38-25-22-19-15-11-7-3/h64-66,71H,5-63H2,1-4H3,(H,76,77)(H,78,79)/t64-,65+,66+/m0/s1. The van der Waals surface area contributed by atoms with Gasteiger partial charge in [0.15, 0.2) is 12.2 Å². The van der Waals surface area contributed by atoms with Crippen molar-refractivity contribution in [2.24, 2.45) is 0 Å². The Bertz CT molecular complexity index is 1710. The van der Waals surface area contributed by atoms with Gasteiger partial charge in [0.25, 0.3) is 0 Å². The third-order valence-electron chi connectivity index (χ3n) is 16.4. The van der Waals surface area contributed by atoms with Crippen molar-refractivity contribution in [2.75, 3.05) is 39.6 Å². The van der Waals surface area contributed by atoms with Crippen molar-refractivity contribution in [3.63, 3.8) is 0 Å². The highest BCUT2D eigenvalue weighted by atomic mass is 31.2. The van der Waals surface area contributed by atoms with E-state index in [2.05, 4.69) is 27.7 Å². The summed E-state index contributed by atoms with van der Waals surface area (Å²) >= 11 is 0. The molecule has 0 fully saturated rings. The summed E-state index contributed by atoms with van der Waals surface area (Å²) in [5.74, 6) is -2.13. The molecular weight excluding hydrogens is 1170 g/mol. The molecule has 89 heavy (non-hydrogen) atoms. The summed E-state index contributed by atoms with van der Waals surface area (Å²) in [7, 11) is -9.88. The van der Waals surface area contributed by atoms with Crippen LogP contribution in [-0.2, 0) is 65.4 Å². The number of carbonyl (C=O) groups is 4. The first-order valence-electron chi connectivity index (χ1n) is 36.8. The molecule has 19 heteroatoms. The van der Waals surface area contributed by atoms with Crippen molar-refractivity contribution < 1.29 is 80.2 Å². The average Bonchev–Trinajstić information content (AvgIpc) is 3.58. The van der Waals surface area contributed by atoms with Crippen LogP contribution >= 0.6 is 15.6 Å². The Hall–Kier alpha value is -1.94. The van der Waals surface area contributed by atoms with Gasteiger partial charge in [0, 0.05) is 25.7 Å². The summed E-state index contributed by atoms with van der Waals surface area (Å²) in [6.07, 6.45) is 53.2. The third-order valence-corrected chi connectivity index (χ3v) is 18.3. The number of rotatable bonds is 71. The van der Waals surface area contributed by atoms with Crippen LogP contribution in [0.15, 0.2) is 0 Å². The van der Waals surface area contributed by atoms with Gasteiger partial charge in [0.1, 0.15) is 19.3 Å². The summed E-state index contributed by atoms with van der Waals surface area (Å²) < 4.78 is 68.0. The zero-order chi connectivity index (χ0) is 65.4. The van der Waals surface area contributed by atoms with E-state index in [1.54, 1.807) is 0 Å². The topological polar surface area (TPSA) is 237 Å². The molecule has 0 aromatic rings. The highest BCUT2D eigenvalue weighted by Crippen LogP contribution is 2.45. The molecule has 0 spiro atoms. The van der Waals surface area contributed by atoms with E-state index in [1.807, 2.05) is 0 Å². The monoisotopic (exact) mass is 1310 g/mol. The molecule has 3 N–H and O–H groups in total. The molecule has 2 unspecified atom stereocenters. The van der Waals surface area contributed by atoms with Crippen LogP contribution < -0.4 is 0 Å². The number of hydrogen-bond acceptors (Lipinski definition) is 15. The van der Waals surface area contributed by atoms with Crippen LogP contribution in [-0.4, -0.2) is 96.7 Å². The van der Waals surface area contributed by atoms with Crippen molar-refractivity contribution in [3.8, 4) is 0 Å². The minimum absolute atomic E-state index is 0.106. The zero-order valence-electron chi connectivity index (χ0n) is 57.4. The highest BCUT2D eigenvalue weighted by molar-refractivity contribution is 7.47. The van der Waals surface area contributed by atoms with Crippen LogP contribution in [0.3, 0.4) is 0 Å². The first kappa shape index (κ1) is 87.1. The van der Waals surface area contributed by atoms with Gasteiger partial charge in [0.05, 0.1) is 26.4 Å². The van der Waals surface area contributed by atoms with Crippen LogP contribution in [0.2, 0.25) is 0 Å². The number of unbranched alkanes of at least 4 members (excludes halogenated alkanes) is 45. The second-order valence-electron chi connectivity index (χ2n) is 25.3. The SMILES string of the molecule is CCCCCCCCCCCCCCCCCCCCCCCCC(=O)O[C@H](COC(=O)CCCCCCCCCCCCC)COP(=O)(O)OC[C@@H](O)COP(=O)(O)OC[C@@H](COC(=O)CCCCCCC)OC(=O)CCCCCCCCCCCCC. The second kappa shape index (κ2) is 64.8. The Kier molecular flexibility index (Phi) is 63.3. The predicted molar refractivity (Wildman–Crippen MR) is 359 cm³/mol. The van der Waals surface area contributed by atoms with E-state index < -0.39 is 97.5 Å². The zero-order valence-corrected chi connectivity index (χ0v) is 59.2. The van der Waals surface area contributed by atoms with Gasteiger partial charge < -0.3 is 33.8 Å². The predicted octanol–water partition coefficient (Wildman–Crippen LogP) is 20.3. The molecule has 0 aliphatic heterocycles. The van der Waals surface area contributed by atoms with Gasteiger partial charge in [0.2, 0.25) is 0 Å². The van der Waals surface area contributed by atoms with Crippen LogP contribution in [0.4, 0.5) is 0 Å². The molecule has 0 aliphatic rings. The molecule has 0 saturated heterocycles. The highest BCUT2D eigenvalue weighted by Gasteiger charge is 2.30. The fourth-order valence-corrected chi connectivity index (χ4v) is 12.3. The van der Waals surface area contributed by atoms with E-state index in [1.165, 1.54) is 193 Å². The van der Waals surface area contributed by atoms with Crippen LogP contribution in [0.5, 0.6) is 0 Å². The molecule has 0 radical (unpaired) electrons. The number of aliphatic hydroxyl groups excluding tert-OH is 1. The van der Waals surface area contributed by atoms with Gasteiger partial charge >= 0.3 is 39.5 Å². The molecule has 528 valence electrons. The first-order chi connectivity index (χ1) is 43.2. The lowest BCUT2D eigenvalue weighted by atomic mass is 10.0. The van der Waals surface area contributed by atoms with Crippen LogP contribution in [0, 0.1) is 0 Å². The molecular formula is C70H136O17P2. The van der Waals surface area contributed by atoms with Gasteiger partial charge in [-0.2, -0.15) is 0 Å². The normalized spacial score (nSPS) is 14.0. The molecule has 0 aliphatic carbocycles. The Labute approximate surface area is 543 Å². The summed E-state index contributed by atoms with van der Waals surface area (Å²) in [6, 6.07) is 0. The molecule has 17 nitrogen and oxygen atoms in total. The number of ether oxygens (including phenoxy) is 4. The summed E-state index contributed by atoms with van der Waals surface area (Å²) in [5.41, 5.74) is 0. The van der Waals surface area contributed by atoms with Crippen LogP contribution in [0.1, 0.15) is 368 Å². The fourth-order valence-electron chi connectivity index (χ4n) is 10.7. The second-order valence-corrected chi connectivity index (χ2v) is 28.2. The number of phosphoric ester groups is 2. The number of aliphatic hydroxyl groups is 1. The maximum absolute atomic E-state index is 13.0. The maximum Gasteiger partial charge on any atom is 0.472 e. The van der Waals surface area contributed by atoms with Gasteiger partial charge in [-0.25, -0.2) is 9.13 Å². The minimum Gasteiger partial charge on any atom is -0.462 e. The average molecular weight is 1310 g/mol. The number of phosphoric acid groups is 2. The van der Waals surface area contributed by atoms with Gasteiger partial charge in [-0.1, -0.05) is 317 Å².